The molecule has 0 saturated carbocycles. The van der Waals surface area contributed by atoms with Crippen LogP contribution in [0.25, 0.3) is 0 Å². The van der Waals surface area contributed by atoms with Crippen LogP contribution in [-0.2, 0) is 6.18 Å². The second-order valence-corrected chi connectivity index (χ2v) is 3.41. The Morgan fingerprint density at radius 2 is 1.47 bits per heavy atom. The lowest BCUT2D eigenvalue weighted by atomic mass is 10.0. The third-order valence-electron chi connectivity index (χ3n) is 2.02. The molecule has 17 heavy (non-hydrogen) atoms. The van der Waals surface area contributed by atoms with Crippen LogP contribution in [0, 0.1) is 0 Å². The summed E-state index contributed by atoms with van der Waals surface area (Å²) < 4.78 is 73.7. The molecule has 1 atom stereocenters. The van der Waals surface area contributed by atoms with Crippen molar-refractivity contribution >= 4 is 5.69 Å². The molecule has 0 aliphatic rings. The van der Waals surface area contributed by atoms with Gasteiger partial charge >= 0.3 is 12.4 Å². The van der Waals surface area contributed by atoms with Crippen molar-refractivity contribution in [2.45, 2.75) is 18.4 Å². The van der Waals surface area contributed by atoms with Gasteiger partial charge in [0.15, 0.2) is 0 Å². The Balaban J connectivity index is 3.24. The highest BCUT2D eigenvalue weighted by Crippen LogP contribution is 2.36. The lowest BCUT2D eigenvalue weighted by molar-refractivity contribution is -0.150. The smallest absolute Gasteiger partial charge is 0.399 e. The third kappa shape index (κ3) is 3.26. The maximum absolute atomic E-state index is 12.3. The molecule has 0 spiro atoms. The van der Waals surface area contributed by atoms with E-state index in [0.717, 1.165) is 6.07 Å². The predicted molar refractivity (Wildman–Crippen MR) is 48.8 cm³/mol. The molecule has 0 saturated heterocycles. The van der Waals surface area contributed by atoms with Gasteiger partial charge in [-0.15, -0.1) is 0 Å². The van der Waals surface area contributed by atoms with Gasteiger partial charge in [0.2, 0.25) is 0 Å². The Morgan fingerprint density at radius 1 is 0.941 bits per heavy atom. The highest BCUT2D eigenvalue weighted by atomic mass is 19.4. The molecular weight excluding hydrogens is 250 g/mol. The second-order valence-electron chi connectivity index (χ2n) is 3.41. The summed E-state index contributed by atoms with van der Waals surface area (Å²) in [5, 5.41) is 0. The number of anilines is 1. The zero-order chi connectivity index (χ0) is 13.4. The predicted octanol–water partition coefficient (Wildman–Crippen LogP) is 2.85. The first kappa shape index (κ1) is 13.6. The number of alkyl halides is 6. The van der Waals surface area contributed by atoms with Gasteiger partial charge in [0.25, 0.3) is 0 Å². The maximum Gasteiger partial charge on any atom is 0.416 e. The van der Waals surface area contributed by atoms with Gasteiger partial charge in [-0.2, -0.15) is 26.3 Å². The van der Waals surface area contributed by atoms with Gasteiger partial charge in [-0.3, -0.25) is 0 Å². The fourth-order valence-corrected chi connectivity index (χ4v) is 1.21. The van der Waals surface area contributed by atoms with Crippen LogP contribution in [0.1, 0.15) is 17.2 Å². The van der Waals surface area contributed by atoms with Gasteiger partial charge in [-0.1, -0.05) is 0 Å². The summed E-state index contributed by atoms with van der Waals surface area (Å²) in [5.74, 6) is 0. The lowest BCUT2D eigenvalue weighted by Crippen LogP contribution is -2.28. The molecule has 96 valence electrons. The van der Waals surface area contributed by atoms with Crippen molar-refractivity contribution in [2.75, 3.05) is 5.73 Å². The molecule has 1 aromatic carbocycles. The second kappa shape index (κ2) is 4.10. The van der Waals surface area contributed by atoms with Crippen LogP contribution in [0.5, 0.6) is 0 Å². The quantitative estimate of drug-likeness (QED) is 0.601. The van der Waals surface area contributed by atoms with E-state index in [-0.39, 0.29) is 0 Å². The monoisotopic (exact) mass is 258 g/mol. The number of rotatable bonds is 1. The minimum atomic E-state index is -4.82. The minimum Gasteiger partial charge on any atom is -0.399 e. The molecule has 0 radical (unpaired) electrons. The largest absolute Gasteiger partial charge is 0.416 e. The number of hydrogen-bond donors (Lipinski definition) is 2. The fourth-order valence-electron chi connectivity index (χ4n) is 1.21. The van der Waals surface area contributed by atoms with E-state index in [2.05, 4.69) is 0 Å². The highest BCUT2D eigenvalue weighted by Gasteiger charge is 2.39. The number of nitrogen functional groups attached to an aromatic ring is 1. The number of nitrogens with two attached hydrogens (primary N) is 2. The summed E-state index contributed by atoms with van der Waals surface area (Å²) in [5.41, 5.74) is 7.52. The fraction of sp³-hybridized carbons (Fsp3) is 0.333. The first-order chi connectivity index (χ1) is 7.51. The van der Waals surface area contributed by atoms with E-state index in [4.69, 9.17) is 11.5 Å². The van der Waals surface area contributed by atoms with E-state index < -0.39 is 35.2 Å². The Kier molecular flexibility index (Phi) is 3.28. The first-order valence-corrected chi connectivity index (χ1v) is 4.32. The van der Waals surface area contributed by atoms with Crippen LogP contribution >= 0.6 is 0 Å². The molecule has 0 bridgehead atoms. The van der Waals surface area contributed by atoms with Crippen LogP contribution in [0.4, 0.5) is 32.0 Å². The topological polar surface area (TPSA) is 52.0 Å². The third-order valence-corrected chi connectivity index (χ3v) is 2.02. The van der Waals surface area contributed by atoms with Gasteiger partial charge in [0.05, 0.1) is 5.56 Å². The molecule has 1 rings (SSSR count). The zero-order valence-corrected chi connectivity index (χ0v) is 8.23. The van der Waals surface area contributed by atoms with E-state index in [0.29, 0.717) is 12.1 Å². The molecule has 2 nitrogen and oxygen atoms in total. The normalized spacial score (nSPS) is 14.8. The van der Waals surface area contributed by atoms with E-state index in [1.807, 2.05) is 0 Å². The van der Waals surface area contributed by atoms with Gasteiger partial charge in [0.1, 0.15) is 6.04 Å². The summed E-state index contributed by atoms with van der Waals surface area (Å²) in [6, 6.07) is -0.832. The minimum absolute atomic E-state index is 0.342. The molecule has 0 heterocycles. The molecule has 8 heteroatoms. The number of benzene rings is 1. The van der Waals surface area contributed by atoms with Crippen molar-refractivity contribution in [2.24, 2.45) is 5.73 Å². The Bertz CT molecular complexity index is 409. The molecule has 0 aliphatic heterocycles. The summed E-state index contributed by atoms with van der Waals surface area (Å²) >= 11 is 0. The average Bonchev–Trinajstić information content (AvgIpc) is 2.12. The van der Waals surface area contributed by atoms with Crippen molar-refractivity contribution in [3.63, 3.8) is 0 Å². The molecule has 0 fully saturated rings. The van der Waals surface area contributed by atoms with E-state index in [1.54, 1.807) is 0 Å². The Labute approximate surface area is 92.2 Å². The zero-order valence-electron chi connectivity index (χ0n) is 8.23. The standard InChI is InChI=1S/C9H8F6N2/c10-8(11,12)5-1-4(2-6(16)3-5)7(17)9(13,14)15/h1-3,7H,16-17H2/t7-/m0/s1. The summed E-state index contributed by atoms with van der Waals surface area (Å²) in [7, 11) is 0. The van der Waals surface area contributed by atoms with Crippen molar-refractivity contribution in [1.82, 2.24) is 0 Å². The first-order valence-electron chi connectivity index (χ1n) is 4.32. The SMILES string of the molecule is Nc1cc([C@H](N)C(F)(F)F)cc(C(F)(F)F)c1. The maximum atomic E-state index is 12.3. The summed E-state index contributed by atoms with van der Waals surface area (Å²) in [4.78, 5) is 0. The molecular formula is C9H8F6N2. The van der Waals surface area contributed by atoms with Gasteiger partial charge in [-0.05, 0) is 23.8 Å². The van der Waals surface area contributed by atoms with Gasteiger partial charge in [-0.25, -0.2) is 0 Å². The summed E-state index contributed by atoms with van der Waals surface area (Å²) in [6.07, 6.45) is -9.59. The Hall–Kier alpha value is -1.44. The molecule has 0 unspecified atom stereocenters. The van der Waals surface area contributed by atoms with Crippen molar-refractivity contribution in [3.05, 3.63) is 29.3 Å². The van der Waals surface area contributed by atoms with Gasteiger partial charge in [0, 0.05) is 5.69 Å². The molecule has 0 amide bonds. The summed E-state index contributed by atoms with van der Waals surface area (Å²) in [6.45, 7) is 0. The number of halogens is 6. The van der Waals surface area contributed by atoms with Gasteiger partial charge < -0.3 is 11.5 Å². The Morgan fingerprint density at radius 3 is 1.88 bits per heavy atom. The van der Waals surface area contributed by atoms with Crippen LogP contribution in [0.15, 0.2) is 18.2 Å². The van der Waals surface area contributed by atoms with Crippen LogP contribution in [-0.4, -0.2) is 6.18 Å². The van der Waals surface area contributed by atoms with Crippen LogP contribution < -0.4 is 11.5 Å². The van der Waals surface area contributed by atoms with E-state index in [1.165, 1.54) is 0 Å². The molecule has 0 aromatic heterocycles. The highest BCUT2D eigenvalue weighted by molar-refractivity contribution is 5.46. The lowest BCUT2D eigenvalue weighted by Gasteiger charge is -2.18. The molecule has 0 aliphatic carbocycles. The van der Waals surface area contributed by atoms with Crippen LogP contribution in [0.2, 0.25) is 0 Å². The van der Waals surface area contributed by atoms with E-state index >= 15 is 0 Å². The van der Waals surface area contributed by atoms with Crippen molar-refractivity contribution in [3.8, 4) is 0 Å². The van der Waals surface area contributed by atoms with Crippen molar-refractivity contribution < 1.29 is 26.3 Å². The number of hydrogen-bond acceptors (Lipinski definition) is 2. The molecule has 4 N–H and O–H groups in total. The molecule has 1 aromatic rings. The van der Waals surface area contributed by atoms with Crippen LogP contribution in [0.3, 0.4) is 0 Å². The van der Waals surface area contributed by atoms with Crippen molar-refractivity contribution in [1.29, 1.82) is 0 Å². The average molecular weight is 258 g/mol. The van der Waals surface area contributed by atoms with E-state index in [9.17, 15) is 26.3 Å².